The molecule has 17 heavy (non-hydrogen) atoms. The molecule has 2 aromatic carbocycles. The molecule has 0 saturated carbocycles. The molecular formula is C13H8F2O2. The van der Waals surface area contributed by atoms with Gasteiger partial charge in [0.15, 0.2) is 11.6 Å². The first kappa shape index (κ1) is 11.3. The highest BCUT2D eigenvalue weighted by molar-refractivity contribution is 5.89. The van der Waals surface area contributed by atoms with Crippen LogP contribution in [-0.2, 0) is 0 Å². The lowest BCUT2D eigenvalue weighted by Crippen LogP contribution is -1.96. The van der Waals surface area contributed by atoms with E-state index in [9.17, 15) is 13.6 Å². The summed E-state index contributed by atoms with van der Waals surface area (Å²) in [7, 11) is 0. The Kier molecular flexibility index (Phi) is 2.87. The molecule has 2 aromatic rings. The maximum absolute atomic E-state index is 13.0. The first-order chi connectivity index (χ1) is 8.08. The Morgan fingerprint density at radius 2 is 1.65 bits per heavy atom. The van der Waals surface area contributed by atoms with E-state index in [4.69, 9.17) is 5.11 Å². The van der Waals surface area contributed by atoms with Gasteiger partial charge in [-0.2, -0.15) is 0 Å². The van der Waals surface area contributed by atoms with Crippen LogP contribution in [0.4, 0.5) is 8.78 Å². The highest BCUT2D eigenvalue weighted by Gasteiger charge is 2.07. The van der Waals surface area contributed by atoms with Crippen LogP contribution in [0.25, 0.3) is 11.1 Å². The summed E-state index contributed by atoms with van der Waals surface area (Å²) in [6.45, 7) is 0. The number of rotatable bonds is 2. The molecule has 0 heterocycles. The van der Waals surface area contributed by atoms with Crippen LogP contribution in [0, 0.1) is 11.6 Å². The van der Waals surface area contributed by atoms with Gasteiger partial charge >= 0.3 is 5.97 Å². The number of benzene rings is 2. The van der Waals surface area contributed by atoms with E-state index in [2.05, 4.69) is 0 Å². The molecular weight excluding hydrogens is 226 g/mol. The summed E-state index contributed by atoms with van der Waals surface area (Å²) in [5.74, 6) is -2.94. The van der Waals surface area contributed by atoms with Gasteiger partial charge in [0.05, 0.1) is 5.56 Å². The molecule has 2 nitrogen and oxygen atoms in total. The molecule has 0 aromatic heterocycles. The molecule has 0 unspecified atom stereocenters. The van der Waals surface area contributed by atoms with Crippen molar-refractivity contribution in [2.24, 2.45) is 0 Å². The molecule has 0 aliphatic carbocycles. The molecule has 0 radical (unpaired) electrons. The number of carboxylic acids is 1. The van der Waals surface area contributed by atoms with Gasteiger partial charge in [-0.15, -0.1) is 0 Å². The molecule has 0 bridgehead atoms. The quantitative estimate of drug-likeness (QED) is 0.865. The molecule has 0 atom stereocenters. The summed E-state index contributed by atoms with van der Waals surface area (Å²) in [5.41, 5.74) is 1.07. The first-order valence-electron chi connectivity index (χ1n) is 4.87. The molecule has 0 aliphatic rings. The van der Waals surface area contributed by atoms with Crippen molar-refractivity contribution in [3.8, 4) is 11.1 Å². The second-order valence-corrected chi connectivity index (χ2v) is 3.51. The third-order valence-corrected chi connectivity index (χ3v) is 2.36. The summed E-state index contributed by atoms with van der Waals surface area (Å²) < 4.78 is 25.8. The second kappa shape index (κ2) is 4.33. The van der Waals surface area contributed by atoms with Crippen molar-refractivity contribution < 1.29 is 18.7 Å². The highest BCUT2D eigenvalue weighted by atomic mass is 19.2. The lowest BCUT2D eigenvalue weighted by molar-refractivity contribution is 0.0697. The third kappa shape index (κ3) is 2.30. The van der Waals surface area contributed by atoms with Crippen LogP contribution in [0.2, 0.25) is 0 Å². The maximum Gasteiger partial charge on any atom is 0.335 e. The van der Waals surface area contributed by atoms with Crippen molar-refractivity contribution in [3.05, 3.63) is 59.7 Å². The number of hydrogen-bond donors (Lipinski definition) is 1. The Hall–Kier alpha value is -2.23. The van der Waals surface area contributed by atoms with Gasteiger partial charge < -0.3 is 5.11 Å². The highest BCUT2D eigenvalue weighted by Crippen LogP contribution is 2.22. The van der Waals surface area contributed by atoms with E-state index >= 15 is 0 Å². The molecule has 4 heteroatoms. The number of halogens is 2. The van der Waals surface area contributed by atoms with Crippen molar-refractivity contribution in [1.29, 1.82) is 0 Å². The summed E-state index contributed by atoms with van der Waals surface area (Å²) in [5, 5.41) is 8.82. The Morgan fingerprint density at radius 3 is 2.29 bits per heavy atom. The summed E-state index contributed by atoms with van der Waals surface area (Å²) >= 11 is 0. The van der Waals surface area contributed by atoms with Crippen molar-refractivity contribution >= 4 is 5.97 Å². The summed E-state index contributed by atoms with van der Waals surface area (Å²) in [6.07, 6.45) is 0. The van der Waals surface area contributed by atoms with Crippen LogP contribution in [0.1, 0.15) is 10.4 Å². The smallest absolute Gasteiger partial charge is 0.335 e. The fourth-order valence-electron chi connectivity index (χ4n) is 1.51. The van der Waals surface area contributed by atoms with Crippen LogP contribution in [0.15, 0.2) is 42.5 Å². The molecule has 2 rings (SSSR count). The van der Waals surface area contributed by atoms with Gasteiger partial charge in [0.1, 0.15) is 0 Å². The zero-order chi connectivity index (χ0) is 12.4. The largest absolute Gasteiger partial charge is 0.478 e. The van der Waals surface area contributed by atoms with Gasteiger partial charge in [0, 0.05) is 0 Å². The van der Waals surface area contributed by atoms with Crippen LogP contribution in [0.3, 0.4) is 0 Å². The minimum absolute atomic E-state index is 0.104. The fourth-order valence-corrected chi connectivity index (χ4v) is 1.51. The number of carboxylic acid groups (broad SMARTS) is 1. The molecule has 0 spiro atoms. The average Bonchev–Trinajstić information content (AvgIpc) is 2.33. The van der Waals surface area contributed by atoms with Gasteiger partial charge in [-0.05, 0) is 35.4 Å². The van der Waals surface area contributed by atoms with Crippen LogP contribution in [-0.4, -0.2) is 11.1 Å². The number of hydrogen-bond acceptors (Lipinski definition) is 1. The van der Waals surface area contributed by atoms with Gasteiger partial charge in [-0.25, -0.2) is 13.6 Å². The van der Waals surface area contributed by atoms with Gasteiger partial charge in [-0.1, -0.05) is 18.2 Å². The van der Waals surface area contributed by atoms with Gasteiger partial charge in [0.2, 0.25) is 0 Å². The molecule has 0 amide bonds. The lowest BCUT2D eigenvalue weighted by Gasteiger charge is -2.03. The zero-order valence-corrected chi connectivity index (χ0v) is 8.65. The minimum atomic E-state index is -1.06. The lowest BCUT2D eigenvalue weighted by atomic mass is 10.0. The zero-order valence-electron chi connectivity index (χ0n) is 8.65. The molecule has 86 valence electrons. The summed E-state index contributed by atoms with van der Waals surface area (Å²) in [6, 6.07) is 9.49. The first-order valence-corrected chi connectivity index (χ1v) is 4.87. The normalized spacial score (nSPS) is 10.2. The van der Waals surface area contributed by atoms with Gasteiger partial charge in [-0.3, -0.25) is 0 Å². The van der Waals surface area contributed by atoms with Crippen LogP contribution in [0.5, 0.6) is 0 Å². The Balaban J connectivity index is 2.49. The number of aromatic carboxylic acids is 1. The second-order valence-electron chi connectivity index (χ2n) is 3.51. The SMILES string of the molecule is O=C(O)c1cccc(-c2ccc(F)c(F)c2)c1. The van der Waals surface area contributed by atoms with Crippen LogP contribution >= 0.6 is 0 Å². The van der Waals surface area contributed by atoms with E-state index in [-0.39, 0.29) is 5.56 Å². The predicted octanol–water partition coefficient (Wildman–Crippen LogP) is 3.33. The Morgan fingerprint density at radius 1 is 0.941 bits per heavy atom. The topological polar surface area (TPSA) is 37.3 Å². The van der Waals surface area contributed by atoms with E-state index in [1.807, 2.05) is 0 Å². The molecule has 0 saturated heterocycles. The van der Waals surface area contributed by atoms with E-state index in [0.717, 1.165) is 12.1 Å². The van der Waals surface area contributed by atoms with Crippen molar-refractivity contribution in [3.63, 3.8) is 0 Å². The van der Waals surface area contributed by atoms with E-state index in [1.54, 1.807) is 12.1 Å². The van der Waals surface area contributed by atoms with Gasteiger partial charge in [0.25, 0.3) is 0 Å². The molecule has 1 N–H and O–H groups in total. The van der Waals surface area contributed by atoms with E-state index in [0.29, 0.717) is 11.1 Å². The molecule has 0 fully saturated rings. The molecule has 0 aliphatic heterocycles. The monoisotopic (exact) mass is 234 g/mol. The minimum Gasteiger partial charge on any atom is -0.478 e. The average molecular weight is 234 g/mol. The van der Waals surface area contributed by atoms with Crippen LogP contribution < -0.4 is 0 Å². The standard InChI is InChI=1S/C13H8F2O2/c14-11-5-4-9(7-12(11)15)8-2-1-3-10(6-8)13(16)17/h1-7H,(H,16,17). The number of carbonyl (C=O) groups is 1. The van der Waals surface area contributed by atoms with E-state index < -0.39 is 17.6 Å². The Labute approximate surface area is 96.1 Å². The van der Waals surface area contributed by atoms with Crippen molar-refractivity contribution in [2.45, 2.75) is 0 Å². The maximum atomic E-state index is 13.0. The third-order valence-electron chi connectivity index (χ3n) is 2.36. The summed E-state index contributed by atoms with van der Waals surface area (Å²) in [4.78, 5) is 10.8. The van der Waals surface area contributed by atoms with E-state index in [1.165, 1.54) is 18.2 Å². The predicted molar refractivity (Wildman–Crippen MR) is 58.8 cm³/mol. The van der Waals surface area contributed by atoms with Crippen molar-refractivity contribution in [1.82, 2.24) is 0 Å². The fraction of sp³-hybridized carbons (Fsp3) is 0. The Bertz CT molecular complexity index is 579. The van der Waals surface area contributed by atoms with Crippen molar-refractivity contribution in [2.75, 3.05) is 0 Å².